The number of hydrogen-bond donors (Lipinski definition) is 0. The topological polar surface area (TPSA) is 20.3 Å². The third-order valence-electron chi connectivity index (χ3n) is 6.12. The number of amides is 1. The molecule has 0 aromatic heterocycles. The first-order valence-corrected chi connectivity index (χ1v) is 9.10. The standard InChI is InChI=1S/C19H32FNO/c1-3-19(22)21(2)18-12-10-17(11-13-18)16-8-6-15(7-9-16)5-4-14-20/h3,15-18H,1,4-14H2,2H3. The Kier molecular flexibility index (Phi) is 6.91. The lowest BCUT2D eigenvalue weighted by Crippen LogP contribution is -2.39. The van der Waals surface area contributed by atoms with Gasteiger partial charge in [0.25, 0.3) is 0 Å². The Morgan fingerprint density at radius 1 is 1.09 bits per heavy atom. The molecule has 1 amide bonds. The fourth-order valence-electron chi connectivity index (χ4n) is 4.60. The molecule has 2 nitrogen and oxygen atoms in total. The highest BCUT2D eigenvalue weighted by Gasteiger charge is 2.32. The molecule has 0 N–H and O–H groups in total. The van der Waals surface area contributed by atoms with Gasteiger partial charge >= 0.3 is 0 Å². The van der Waals surface area contributed by atoms with Gasteiger partial charge in [-0.15, -0.1) is 0 Å². The largest absolute Gasteiger partial charge is 0.339 e. The summed E-state index contributed by atoms with van der Waals surface area (Å²) in [4.78, 5) is 13.6. The molecule has 0 aromatic carbocycles. The lowest BCUT2D eigenvalue weighted by atomic mass is 9.69. The van der Waals surface area contributed by atoms with E-state index in [2.05, 4.69) is 6.58 Å². The molecule has 0 aromatic rings. The van der Waals surface area contributed by atoms with Crippen molar-refractivity contribution in [2.45, 2.75) is 70.3 Å². The Bertz CT molecular complexity index is 354. The van der Waals surface area contributed by atoms with Crippen LogP contribution in [-0.4, -0.2) is 30.6 Å². The Labute approximate surface area is 135 Å². The van der Waals surface area contributed by atoms with Crippen molar-refractivity contribution in [2.24, 2.45) is 17.8 Å². The maximum absolute atomic E-state index is 12.3. The van der Waals surface area contributed by atoms with Gasteiger partial charge in [0.05, 0.1) is 6.67 Å². The molecule has 0 saturated heterocycles. The highest BCUT2D eigenvalue weighted by molar-refractivity contribution is 5.87. The van der Waals surface area contributed by atoms with Crippen molar-refractivity contribution in [3.63, 3.8) is 0 Å². The van der Waals surface area contributed by atoms with Crippen LogP contribution in [-0.2, 0) is 4.79 Å². The van der Waals surface area contributed by atoms with E-state index in [-0.39, 0.29) is 12.6 Å². The summed E-state index contributed by atoms with van der Waals surface area (Å²) in [5.41, 5.74) is 0. The normalized spacial score (nSPS) is 32.5. The minimum absolute atomic E-state index is 0.0526. The number of halogens is 1. The van der Waals surface area contributed by atoms with Gasteiger partial charge in [-0.25, -0.2) is 0 Å². The number of nitrogens with zero attached hydrogens (tertiary/aromatic N) is 1. The molecule has 0 atom stereocenters. The fraction of sp³-hybridized carbons (Fsp3) is 0.842. The molecule has 2 fully saturated rings. The second-order valence-corrected chi connectivity index (χ2v) is 7.33. The van der Waals surface area contributed by atoms with Crippen molar-refractivity contribution in [2.75, 3.05) is 13.7 Å². The predicted octanol–water partition coefficient (Wildman–Crippen LogP) is 4.75. The van der Waals surface area contributed by atoms with Crippen LogP contribution < -0.4 is 0 Å². The number of carbonyl (C=O) groups is 1. The van der Waals surface area contributed by atoms with Crippen molar-refractivity contribution in [3.8, 4) is 0 Å². The van der Waals surface area contributed by atoms with Gasteiger partial charge in [-0.05, 0) is 75.2 Å². The Morgan fingerprint density at radius 2 is 1.64 bits per heavy atom. The number of likely N-dealkylation sites (N-methyl/N-ethyl adjacent to an activating group) is 1. The molecule has 126 valence electrons. The summed E-state index contributed by atoms with van der Waals surface area (Å²) in [6.45, 7) is 3.43. The van der Waals surface area contributed by atoms with E-state index >= 15 is 0 Å². The Morgan fingerprint density at radius 3 is 2.14 bits per heavy atom. The third-order valence-corrected chi connectivity index (χ3v) is 6.12. The molecule has 22 heavy (non-hydrogen) atoms. The second-order valence-electron chi connectivity index (χ2n) is 7.33. The lowest BCUT2D eigenvalue weighted by molar-refractivity contribution is -0.127. The summed E-state index contributed by atoms with van der Waals surface area (Å²) < 4.78 is 12.3. The number of hydrogen-bond acceptors (Lipinski definition) is 1. The van der Waals surface area contributed by atoms with Crippen LogP contribution in [0.3, 0.4) is 0 Å². The highest BCUT2D eigenvalue weighted by Crippen LogP contribution is 2.41. The zero-order valence-corrected chi connectivity index (χ0v) is 14.1. The summed E-state index contributed by atoms with van der Waals surface area (Å²) in [5.74, 6) is 2.56. The maximum atomic E-state index is 12.3. The van der Waals surface area contributed by atoms with Crippen LogP contribution >= 0.6 is 0 Å². The minimum atomic E-state index is -0.152. The summed E-state index contributed by atoms with van der Waals surface area (Å²) in [7, 11) is 1.91. The van der Waals surface area contributed by atoms with Crippen LogP contribution in [0.5, 0.6) is 0 Å². The van der Waals surface area contributed by atoms with E-state index in [1.807, 2.05) is 11.9 Å². The molecule has 0 spiro atoms. The van der Waals surface area contributed by atoms with E-state index in [0.717, 1.165) is 43.4 Å². The average molecular weight is 309 g/mol. The van der Waals surface area contributed by atoms with Gasteiger partial charge in [0, 0.05) is 13.1 Å². The molecule has 0 aliphatic heterocycles. The van der Waals surface area contributed by atoms with Crippen LogP contribution in [0.15, 0.2) is 12.7 Å². The molecular weight excluding hydrogens is 277 g/mol. The molecule has 0 unspecified atom stereocenters. The van der Waals surface area contributed by atoms with E-state index < -0.39 is 0 Å². The first kappa shape index (κ1) is 17.5. The lowest BCUT2D eigenvalue weighted by Gasteiger charge is -2.40. The van der Waals surface area contributed by atoms with Crippen LogP contribution in [0.25, 0.3) is 0 Å². The fourth-order valence-corrected chi connectivity index (χ4v) is 4.60. The zero-order valence-electron chi connectivity index (χ0n) is 14.1. The molecular formula is C19H32FNO. The number of carbonyl (C=O) groups excluding carboxylic acids is 1. The van der Waals surface area contributed by atoms with E-state index in [0.29, 0.717) is 6.04 Å². The number of alkyl halides is 1. The van der Waals surface area contributed by atoms with Crippen LogP contribution in [0.4, 0.5) is 4.39 Å². The monoisotopic (exact) mass is 309 g/mol. The summed E-state index contributed by atoms with van der Waals surface area (Å²) in [6, 6.07) is 0.405. The summed E-state index contributed by atoms with van der Waals surface area (Å²) in [5, 5.41) is 0. The second kappa shape index (κ2) is 8.69. The SMILES string of the molecule is C=CC(=O)N(C)C1CCC(C2CCC(CCCF)CC2)CC1. The average Bonchev–Trinajstić information content (AvgIpc) is 2.59. The van der Waals surface area contributed by atoms with Gasteiger partial charge in [-0.3, -0.25) is 9.18 Å². The van der Waals surface area contributed by atoms with Crippen molar-refractivity contribution < 1.29 is 9.18 Å². The predicted molar refractivity (Wildman–Crippen MR) is 89.4 cm³/mol. The smallest absolute Gasteiger partial charge is 0.245 e. The van der Waals surface area contributed by atoms with E-state index in [4.69, 9.17) is 0 Å². The molecule has 2 aliphatic rings. The molecule has 2 saturated carbocycles. The van der Waals surface area contributed by atoms with Crippen LogP contribution in [0, 0.1) is 17.8 Å². The first-order valence-electron chi connectivity index (χ1n) is 9.10. The highest BCUT2D eigenvalue weighted by atomic mass is 19.1. The van der Waals surface area contributed by atoms with E-state index in [1.54, 1.807) is 0 Å². The number of rotatable bonds is 6. The molecule has 0 heterocycles. The van der Waals surface area contributed by atoms with Crippen molar-refractivity contribution in [1.82, 2.24) is 4.90 Å². The van der Waals surface area contributed by atoms with Crippen LogP contribution in [0.1, 0.15) is 64.2 Å². The zero-order chi connectivity index (χ0) is 15.9. The summed E-state index contributed by atoms with van der Waals surface area (Å²) in [6.07, 6.45) is 13.4. The summed E-state index contributed by atoms with van der Waals surface area (Å²) >= 11 is 0. The Hall–Kier alpha value is -0.860. The van der Waals surface area contributed by atoms with Gasteiger partial charge in [0.15, 0.2) is 0 Å². The first-order chi connectivity index (χ1) is 10.7. The Balaban J connectivity index is 1.71. The maximum Gasteiger partial charge on any atom is 0.245 e. The molecule has 0 radical (unpaired) electrons. The molecule has 2 aliphatic carbocycles. The molecule has 0 bridgehead atoms. The third kappa shape index (κ3) is 4.57. The van der Waals surface area contributed by atoms with E-state index in [1.165, 1.54) is 44.6 Å². The van der Waals surface area contributed by atoms with Gasteiger partial charge in [-0.2, -0.15) is 0 Å². The van der Waals surface area contributed by atoms with Crippen LogP contribution in [0.2, 0.25) is 0 Å². The van der Waals surface area contributed by atoms with Crippen molar-refractivity contribution >= 4 is 5.91 Å². The molecule has 3 heteroatoms. The van der Waals surface area contributed by atoms with E-state index in [9.17, 15) is 9.18 Å². The van der Waals surface area contributed by atoms with Crippen molar-refractivity contribution in [1.29, 1.82) is 0 Å². The van der Waals surface area contributed by atoms with Gasteiger partial charge in [0.1, 0.15) is 0 Å². The van der Waals surface area contributed by atoms with Crippen molar-refractivity contribution in [3.05, 3.63) is 12.7 Å². The van der Waals surface area contributed by atoms with Gasteiger partial charge in [0.2, 0.25) is 5.91 Å². The van der Waals surface area contributed by atoms with Gasteiger partial charge < -0.3 is 4.90 Å². The van der Waals surface area contributed by atoms with Gasteiger partial charge in [-0.1, -0.05) is 19.4 Å². The quantitative estimate of drug-likeness (QED) is 0.649. The molecule has 2 rings (SSSR count). The minimum Gasteiger partial charge on any atom is -0.339 e.